The summed E-state index contributed by atoms with van der Waals surface area (Å²) in [5.41, 5.74) is 3.68. The molecular formula is C28H38N2O5. The van der Waals surface area contributed by atoms with Crippen molar-refractivity contribution in [2.75, 3.05) is 32.9 Å². The number of ether oxygens (including phenoxy) is 3. The number of likely N-dealkylation sites (tertiary alicyclic amines) is 1. The predicted molar refractivity (Wildman–Crippen MR) is 136 cm³/mol. The van der Waals surface area contributed by atoms with Gasteiger partial charge in [0.05, 0.1) is 25.7 Å². The highest BCUT2D eigenvalue weighted by atomic mass is 16.5. The van der Waals surface area contributed by atoms with Crippen LogP contribution in [-0.2, 0) is 11.3 Å². The Balaban J connectivity index is 1.68. The number of nitrogens with one attached hydrogen (secondary N) is 1. The Bertz CT molecular complexity index is 989. The number of amides is 2. The molecule has 2 aromatic carbocycles. The summed E-state index contributed by atoms with van der Waals surface area (Å²) in [5.74, 6) is 1.49. The summed E-state index contributed by atoms with van der Waals surface area (Å²) in [4.78, 5) is 27.9. The minimum absolute atomic E-state index is 0.0106. The number of aryl methyl sites for hydroxylation is 2. The lowest BCUT2D eigenvalue weighted by atomic mass is 9.96. The van der Waals surface area contributed by atoms with Crippen LogP contribution >= 0.6 is 0 Å². The van der Waals surface area contributed by atoms with Crippen LogP contribution in [0.15, 0.2) is 30.3 Å². The number of hydrogen-bond donors (Lipinski definition) is 1. The summed E-state index contributed by atoms with van der Waals surface area (Å²) in [6, 6.07) is 9.65. The Morgan fingerprint density at radius 3 is 2.09 bits per heavy atom. The number of nitrogens with zero attached hydrogens (tertiary/aromatic N) is 1. The summed E-state index contributed by atoms with van der Waals surface area (Å²) in [6.45, 7) is 12.6. The highest BCUT2D eigenvalue weighted by molar-refractivity contribution is 5.95. The molecule has 1 N–H and O–H groups in total. The van der Waals surface area contributed by atoms with Crippen molar-refractivity contribution in [3.63, 3.8) is 0 Å². The van der Waals surface area contributed by atoms with Crippen molar-refractivity contribution in [1.29, 1.82) is 0 Å². The third-order valence-corrected chi connectivity index (χ3v) is 5.98. The Morgan fingerprint density at radius 1 is 0.914 bits per heavy atom. The smallest absolute Gasteiger partial charge is 0.253 e. The van der Waals surface area contributed by atoms with Crippen LogP contribution in [0.3, 0.4) is 0 Å². The van der Waals surface area contributed by atoms with Gasteiger partial charge in [0.15, 0.2) is 11.5 Å². The number of piperidine rings is 1. The molecular weight excluding hydrogens is 444 g/mol. The molecule has 1 aliphatic heterocycles. The van der Waals surface area contributed by atoms with E-state index in [1.54, 1.807) is 4.90 Å². The van der Waals surface area contributed by atoms with E-state index >= 15 is 0 Å². The maximum Gasteiger partial charge on any atom is 0.253 e. The van der Waals surface area contributed by atoms with Gasteiger partial charge in [-0.3, -0.25) is 9.59 Å². The molecule has 1 atom stereocenters. The molecule has 1 heterocycles. The van der Waals surface area contributed by atoms with Crippen molar-refractivity contribution in [3.05, 3.63) is 52.6 Å². The van der Waals surface area contributed by atoms with Gasteiger partial charge in [0.1, 0.15) is 0 Å². The van der Waals surface area contributed by atoms with E-state index in [1.165, 1.54) is 0 Å². The molecule has 0 saturated carbocycles. The van der Waals surface area contributed by atoms with Crippen LogP contribution in [0.2, 0.25) is 0 Å². The molecule has 1 fully saturated rings. The highest BCUT2D eigenvalue weighted by Gasteiger charge is 2.29. The van der Waals surface area contributed by atoms with E-state index in [2.05, 4.69) is 11.4 Å². The number of hydrogen-bond acceptors (Lipinski definition) is 5. The van der Waals surface area contributed by atoms with E-state index in [-0.39, 0.29) is 17.7 Å². The van der Waals surface area contributed by atoms with E-state index in [9.17, 15) is 9.59 Å². The third kappa shape index (κ3) is 6.90. The molecule has 1 unspecified atom stereocenters. The zero-order valence-corrected chi connectivity index (χ0v) is 21.6. The molecule has 0 aromatic heterocycles. The molecule has 7 heteroatoms. The second kappa shape index (κ2) is 12.5. The molecule has 3 rings (SSSR count). The summed E-state index contributed by atoms with van der Waals surface area (Å²) >= 11 is 0. The average Bonchev–Trinajstić information content (AvgIpc) is 2.84. The molecule has 1 saturated heterocycles. The van der Waals surface area contributed by atoms with Gasteiger partial charge in [-0.2, -0.15) is 0 Å². The van der Waals surface area contributed by atoms with Gasteiger partial charge in [-0.1, -0.05) is 17.2 Å². The number of rotatable bonds is 10. The van der Waals surface area contributed by atoms with Crippen LogP contribution in [0.1, 0.15) is 60.7 Å². The van der Waals surface area contributed by atoms with Crippen LogP contribution in [0.4, 0.5) is 0 Å². The zero-order chi connectivity index (χ0) is 25.4. The summed E-state index contributed by atoms with van der Waals surface area (Å²) < 4.78 is 17.3. The molecule has 2 amide bonds. The number of carbonyl (C=O) groups excluding carboxylic acids is 2. The molecule has 0 radical (unpaired) electrons. The molecule has 0 spiro atoms. The van der Waals surface area contributed by atoms with Crippen molar-refractivity contribution in [2.24, 2.45) is 5.92 Å². The normalized spacial score (nSPS) is 15.5. The third-order valence-electron chi connectivity index (χ3n) is 5.98. The van der Waals surface area contributed by atoms with Gasteiger partial charge in [-0.15, -0.1) is 0 Å². The molecule has 2 aromatic rings. The van der Waals surface area contributed by atoms with Crippen molar-refractivity contribution in [2.45, 2.75) is 54.0 Å². The fraction of sp³-hybridized carbons (Fsp3) is 0.500. The highest BCUT2D eigenvalue weighted by Crippen LogP contribution is 2.39. The first kappa shape index (κ1) is 26.4. The van der Waals surface area contributed by atoms with Crippen LogP contribution < -0.4 is 19.5 Å². The summed E-state index contributed by atoms with van der Waals surface area (Å²) in [5, 5.41) is 3.05. The standard InChI is InChI=1S/C28H38N2O5/c1-6-33-24-15-21(16-25(34-7-2)26(24)35-8-3)17-29-27(31)22-10-9-11-30(18-22)28(32)23-13-19(4)12-20(5)14-23/h12-16,22H,6-11,17-18H2,1-5H3,(H,29,31). The molecule has 7 nitrogen and oxygen atoms in total. The molecule has 0 aliphatic carbocycles. The quantitative estimate of drug-likeness (QED) is 0.533. The zero-order valence-electron chi connectivity index (χ0n) is 21.6. The van der Waals surface area contributed by atoms with Crippen LogP contribution in [0, 0.1) is 19.8 Å². The second-order valence-corrected chi connectivity index (χ2v) is 8.90. The monoisotopic (exact) mass is 482 g/mol. The SMILES string of the molecule is CCOc1cc(CNC(=O)C2CCCN(C(=O)c3cc(C)cc(C)c3)C2)cc(OCC)c1OCC. The largest absolute Gasteiger partial charge is 0.490 e. The summed E-state index contributed by atoms with van der Waals surface area (Å²) in [7, 11) is 0. The molecule has 35 heavy (non-hydrogen) atoms. The first-order chi connectivity index (χ1) is 16.9. The van der Waals surface area contributed by atoms with E-state index in [1.807, 2.05) is 58.9 Å². The fourth-order valence-corrected chi connectivity index (χ4v) is 4.53. The van der Waals surface area contributed by atoms with Gasteiger partial charge in [0, 0.05) is 25.2 Å². The average molecular weight is 483 g/mol. The first-order valence-electron chi connectivity index (χ1n) is 12.6. The Morgan fingerprint density at radius 2 is 1.51 bits per heavy atom. The topological polar surface area (TPSA) is 77.1 Å². The molecule has 190 valence electrons. The van der Waals surface area contributed by atoms with E-state index < -0.39 is 0 Å². The Hall–Kier alpha value is -3.22. The van der Waals surface area contributed by atoms with Gasteiger partial charge in [0.25, 0.3) is 5.91 Å². The van der Waals surface area contributed by atoms with Crippen molar-refractivity contribution < 1.29 is 23.8 Å². The lowest BCUT2D eigenvalue weighted by molar-refractivity contribution is -0.126. The first-order valence-corrected chi connectivity index (χ1v) is 12.6. The van der Waals surface area contributed by atoms with Gasteiger partial charge in [-0.05, 0) is 77.3 Å². The second-order valence-electron chi connectivity index (χ2n) is 8.90. The predicted octanol–water partition coefficient (Wildman–Crippen LogP) is 4.67. The van der Waals surface area contributed by atoms with Crippen molar-refractivity contribution in [1.82, 2.24) is 10.2 Å². The maximum atomic E-state index is 13.1. The van der Waals surface area contributed by atoms with Crippen molar-refractivity contribution >= 4 is 11.8 Å². The lowest BCUT2D eigenvalue weighted by Crippen LogP contribution is -2.45. The minimum Gasteiger partial charge on any atom is -0.490 e. The van der Waals surface area contributed by atoms with Gasteiger partial charge < -0.3 is 24.4 Å². The van der Waals surface area contributed by atoms with Crippen molar-refractivity contribution in [3.8, 4) is 17.2 Å². The van der Waals surface area contributed by atoms with Gasteiger partial charge in [0.2, 0.25) is 11.7 Å². The van der Waals surface area contributed by atoms with Crippen LogP contribution in [0.25, 0.3) is 0 Å². The van der Waals surface area contributed by atoms with Crippen LogP contribution in [0.5, 0.6) is 17.2 Å². The van der Waals surface area contributed by atoms with Gasteiger partial charge in [-0.25, -0.2) is 0 Å². The van der Waals surface area contributed by atoms with E-state index in [0.29, 0.717) is 62.3 Å². The number of benzene rings is 2. The van der Waals surface area contributed by atoms with Gasteiger partial charge >= 0.3 is 0 Å². The summed E-state index contributed by atoms with van der Waals surface area (Å²) in [6.07, 6.45) is 1.57. The van der Waals surface area contributed by atoms with E-state index in [0.717, 1.165) is 29.5 Å². The maximum absolute atomic E-state index is 13.1. The molecule has 1 aliphatic rings. The lowest BCUT2D eigenvalue weighted by Gasteiger charge is -2.32. The van der Waals surface area contributed by atoms with E-state index in [4.69, 9.17) is 14.2 Å². The Labute approximate surface area is 208 Å². The minimum atomic E-state index is -0.237. The van der Waals surface area contributed by atoms with Crippen LogP contribution in [-0.4, -0.2) is 49.6 Å². The number of carbonyl (C=O) groups is 2. The fourth-order valence-electron chi connectivity index (χ4n) is 4.53. The Kier molecular flexibility index (Phi) is 9.40. The molecule has 0 bridgehead atoms.